The van der Waals surface area contributed by atoms with E-state index in [0.29, 0.717) is 22.0 Å². The van der Waals surface area contributed by atoms with Crippen LogP contribution in [0.4, 0.5) is 5.69 Å². The van der Waals surface area contributed by atoms with Gasteiger partial charge in [-0.2, -0.15) is 5.10 Å². The largest absolute Gasteiger partial charge is 0.322 e. The third-order valence-electron chi connectivity index (χ3n) is 4.04. The first-order valence-corrected chi connectivity index (χ1v) is 9.20. The number of nitrogens with one attached hydrogen (secondary N) is 1. The number of hydrogen-bond acceptors (Lipinski definition) is 3. The molecule has 5 nitrogen and oxygen atoms in total. The summed E-state index contributed by atoms with van der Waals surface area (Å²) in [7, 11) is 0. The lowest BCUT2D eigenvalue weighted by atomic mass is 10.2. The number of carbonyl (C=O) groups is 1. The molecule has 1 N–H and O–H groups in total. The highest BCUT2D eigenvalue weighted by Gasteiger charge is 2.10. The minimum atomic E-state index is -0.256. The molecule has 2 aromatic heterocycles. The van der Waals surface area contributed by atoms with Crippen LogP contribution in [-0.4, -0.2) is 20.7 Å². The van der Waals surface area contributed by atoms with Gasteiger partial charge in [-0.1, -0.05) is 35.7 Å². The van der Waals surface area contributed by atoms with Crippen LogP contribution in [0.15, 0.2) is 85.3 Å². The summed E-state index contributed by atoms with van der Waals surface area (Å²) in [6.07, 6.45) is 4.87. The molecule has 29 heavy (non-hydrogen) atoms. The Morgan fingerprint density at radius 3 is 2.72 bits per heavy atom. The number of pyridine rings is 1. The van der Waals surface area contributed by atoms with Gasteiger partial charge in [0.2, 0.25) is 0 Å². The molecule has 0 spiro atoms. The van der Waals surface area contributed by atoms with Crippen LogP contribution in [-0.2, 0) is 0 Å². The van der Waals surface area contributed by atoms with Gasteiger partial charge in [-0.3, -0.25) is 4.79 Å². The highest BCUT2D eigenvalue weighted by atomic mass is 35.5. The van der Waals surface area contributed by atoms with Crippen LogP contribution in [0.25, 0.3) is 5.69 Å². The number of rotatable bonds is 3. The van der Waals surface area contributed by atoms with E-state index < -0.39 is 0 Å². The molecule has 6 heteroatoms. The van der Waals surface area contributed by atoms with Gasteiger partial charge in [-0.15, -0.1) is 0 Å². The molecule has 0 atom stereocenters. The van der Waals surface area contributed by atoms with E-state index in [1.807, 2.05) is 54.6 Å². The number of halogens is 1. The second kappa shape index (κ2) is 8.42. The van der Waals surface area contributed by atoms with Crippen molar-refractivity contribution in [1.29, 1.82) is 0 Å². The lowest BCUT2D eigenvalue weighted by molar-refractivity contribution is 0.102. The first kappa shape index (κ1) is 18.5. The van der Waals surface area contributed by atoms with E-state index >= 15 is 0 Å². The lowest BCUT2D eigenvalue weighted by Gasteiger charge is -2.04. The van der Waals surface area contributed by atoms with Crippen molar-refractivity contribution in [2.75, 3.05) is 5.32 Å². The Bertz CT molecular complexity index is 1220. The van der Waals surface area contributed by atoms with Gasteiger partial charge in [0.25, 0.3) is 5.91 Å². The standard InChI is InChI=1S/C23H15ClN4O/c24-19-6-4-9-22(14-19)28-16-18(15-26-28)23(29)27-21-8-3-5-17(13-21)10-11-20-7-1-2-12-25-20/h1-9,12-16H,(H,27,29). The normalized spacial score (nSPS) is 10.1. The number of hydrogen-bond donors (Lipinski definition) is 1. The van der Waals surface area contributed by atoms with Crippen molar-refractivity contribution in [1.82, 2.24) is 14.8 Å². The molecular formula is C23H15ClN4O. The number of benzene rings is 2. The first-order valence-electron chi connectivity index (χ1n) is 8.82. The fraction of sp³-hybridized carbons (Fsp3) is 0. The monoisotopic (exact) mass is 398 g/mol. The zero-order valence-corrected chi connectivity index (χ0v) is 16.0. The van der Waals surface area contributed by atoms with Crippen LogP contribution >= 0.6 is 11.6 Å². The summed E-state index contributed by atoms with van der Waals surface area (Å²) in [5.41, 5.74) is 3.34. The van der Waals surface area contributed by atoms with Gasteiger partial charge >= 0.3 is 0 Å². The smallest absolute Gasteiger partial charge is 0.258 e. The molecule has 4 rings (SSSR count). The van der Waals surface area contributed by atoms with Gasteiger partial charge in [0.1, 0.15) is 5.69 Å². The topological polar surface area (TPSA) is 59.8 Å². The average molecular weight is 399 g/mol. The van der Waals surface area contributed by atoms with Crippen molar-refractivity contribution in [2.45, 2.75) is 0 Å². The van der Waals surface area contributed by atoms with E-state index in [-0.39, 0.29) is 5.91 Å². The molecule has 0 bridgehead atoms. The molecule has 0 radical (unpaired) electrons. The van der Waals surface area contributed by atoms with Crippen molar-refractivity contribution < 1.29 is 4.79 Å². The first-order chi connectivity index (χ1) is 14.2. The summed E-state index contributed by atoms with van der Waals surface area (Å²) >= 11 is 6.02. The van der Waals surface area contributed by atoms with Crippen molar-refractivity contribution in [3.05, 3.63) is 107 Å². The molecular weight excluding hydrogens is 384 g/mol. The molecule has 0 aliphatic rings. The Balaban J connectivity index is 1.49. The average Bonchev–Trinajstić information content (AvgIpc) is 3.24. The van der Waals surface area contributed by atoms with E-state index in [2.05, 4.69) is 27.2 Å². The highest BCUT2D eigenvalue weighted by molar-refractivity contribution is 6.30. The van der Waals surface area contributed by atoms with Crippen molar-refractivity contribution in [2.24, 2.45) is 0 Å². The summed E-state index contributed by atoms with van der Waals surface area (Å²) in [6, 6.07) is 20.2. The van der Waals surface area contributed by atoms with Crippen LogP contribution in [0.2, 0.25) is 5.02 Å². The number of carbonyl (C=O) groups excluding carboxylic acids is 1. The maximum atomic E-state index is 12.6. The molecule has 2 aromatic carbocycles. The van der Waals surface area contributed by atoms with Gasteiger partial charge in [0, 0.05) is 28.7 Å². The SMILES string of the molecule is O=C(Nc1cccc(C#Cc2ccccn2)c1)c1cnn(-c2cccc(Cl)c2)c1. The second-order valence-corrected chi connectivity index (χ2v) is 6.59. The minimum Gasteiger partial charge on any atom is -0.322 e. The maximum absolute atomic E-state index is 12.6. The highest BCUT2D eigenvalue weighted by Crippen LogP contribution is 2.16. The van der Waals surface area contributed by atoms with Gasteiger partial charge in [0.15, 0.2) is 0 Å². The van der Waals surface area contributed by atoms with Crippen molar-refractivity contribution in [3.63, 3.8) is 0 Å². The molecule has 140 valence electrons. The van der Waals surface area contributed by atoms with Gasteiger partial charge < -0.3 is 5.32 Å². The van der Waals surface area contributed by atoms with Crippen molar-refractivity contribution >= 4 is 23.2 Å². The van der Waals surface area contributed by atoms with Crippen LogP contribution in [0.5, 0.6) is 0 Å². The van der Waals surface area contributed by atoms with Gasteiger partial charge in [-0.05, 0) is 54.5 Å². The summed E-state index contributed by atoms with van der Waals surface area (Å²) in [5, 5.41) is 7.71. The lowest BCUT2D eigenvalue weighted by Crippen LogP contribution is -2.11. The Morgan fingerprint density at radius 2 is 1.90 bits per heavy atom. The maximum Gasteiger partial charge on any atom is 0.258 e. The predicted molar refractivity (Wildman–Crippen MR) is 113 cm³/mol. The molecule has 1 amide bonds. The Morgan fingerprint density at radius 1 is 1.00 bits per heavy atom. The predicted octanol–water partition coefficient (Wildman–Crippen LogP) is 4.57. The van der Waals surface area contributed by atoms with E-state index in [4.69, 9.17) is 11.6 Å². The van der Waals surface area contributed by atoms with Crippen LogP contribution in [0, 0.1) is 11.8 Å². The zero-order valence-electron chi connectivity index (χ0n) is 15.2. The van der Waals surface area contributed by atoms with Gasteiger partial charge in [0.05, 0.1) is 17.4 Å². The third-order valence-corrected chi connectivity index (χ3v) is 4.27. The molecule has 4 aromatic rings. The van der Waals surface area contributed by atoms with E-state index in [9.17, 15) is 4.79 Å². The molecule has 0 saturated carbocycles. The molecule has 0 saturated heterocycles. The Hall–Kier alpha value is -3.88. The summed E-state index contributed by atoms with van der Waals surface area (Å²) < 4.78 is 1.61. The zero-order chi connectivity index (χ0) is 20.1. The van der Waals surface area contributed by atoms with E-state index in [1.54, 1.807) is 29.2 Å². The van der Waals surface area contributed by atoms with E-state index in [0.717, 1.165) is 11.3 Å². The third kappa shape index (κ3) is 4.70. The van der Waals surface area contributed by atoms with Crippen LogP contribution < -0.4 is 5.32 Å². The van der Waals surface area contributed by atoms with Crippen LogP contribution in [0.1, 0.15) is 21.6 Å². The second-order valence-electron chi connectivity index (χ2n) is 6.15. The molecule has 2 heterocycles. The van der Waals surface area contributed by atoms with E-state index in [1.165, 1.54) is 6.20 Å². The Kier molecular flexibility index (Phi) is 5.37. The van der Waals surface area contributed by atoms with Gasteiger partial charge in [-0.25, -0.2) is 9.67 Å². The minimum absolute atomic E-state index is 0.256. The fourth-order valence-corrected chi connectivity index (χ4v) is 2.84. The number of amides is 1. The fourth-order valence-electron chi connectivity index (χ4n) is 2.65. The number of aromatic nitrogens is 3. The molecule has 0 unspecified atom stereocenters. The summed E-state index contributed by atoms with van der Waals surface area (Å²) in [5.74, 6) is 5.80. The Labute approximate surface area is 173 Å². The number of nitrogens with zero attached hydrogens (tertiary/aromatic N) is 3. The molecule has 0 aliphatic carbocycles. The summed E-state index contributed by atoms with van der Waals surface area (Å²) in [6.45, 7) is 0. The quantitative estimate of drug-likeness (QED) is 0.514. The summed E-state index contributed by atoms with van der Waals surface area (Å²) in [4.78, 5) is 16.8. The molecule has 0 aliphatic heterocycles. The van der Waals surface area contributed by atoms with Crippen LogP contribution in [0.3, 0.4) is 0 Å². The number of anilines is 1. The van der Waals surface area contributed by atoms with Crippen molar-refractivity contribution in [3.8, 4) is 17.5 Å². The molecule has 0 fully saturated rings.